The van der Waals surface area contributed by atoms with Crippen LogP contribution in [-0.2, 0) is 4.79 Å². The van der Waals surface area contributed by atoms with Crippen LogP contribution in [0.2, 0.25) is 0 Å². The van der Waals surface area contributed by atoms with E-state index in [0.717, 1.165) is 22.6 Å². The minimum atomic E-state index is -0.519. The van der Waals surface area contributed by atoms with Gasteiger partial charge in [-0.25, -0.2) is 4.63 Å². The molecule has 5 rings (SSSR count). The third-order valence-corrected chi connectivity index (χ3v) is 6.17. The molecule has 3 aromatic rings. The third-order valence-electron chi connectivity index (χ3n) is 6.17. The molecule has 2 unspecified atom stereocenters. The molecule has 1 aliphatic carbocycles. The normalized spacial score (nSPS) is 19.5. The Balaban J connectivity index is 1.60. The predicted octanol–water partition coefficient (Wildman–Crippen LogP) is 4.07. The van der Waals surface area contributed by atoms with Crippen molar-refractivity contribution in [2.24, 2.45) is 0 Å². The second-order valence-corrected chi connectivity index (χ2v) is 7.94. The number of carbonyl (C=O) groups is 1. The number of nitrogens with one attached hydrogen (secondary N) is 2. The second kappa shape index (κ2) is 8.50. The number of fused-ring (bicyclic) bond motifs is 1. The van der Waals surface area contributed by atoms with E-state index in [1.807, 2.05) is 42.5 Å². The Morgan fingerprint density at radius 1 is 0.939 bits per heavy atom. The Hall–Kier alpha value is -4.01. The SMILES string of the molecule is COc1ccc(C2CC(=O)C3=C(C2)Nc2nonc2NC3c2cccc(OC)c2OC)cc1. The van der Waals surface area contributed by atoms with Gasteiger partial charge in [-0.05, 0) is 46.4 Å². The van der Waals surface area contributed by atoms with E-state index in [9.17, 15) is 4.79 Å². The van der Waals surface area contributed by atoms with Crippen molar-refractivity contribution in [1.29, 1.82) is 0 Å². The van der Waals surface area contributed by atoms with Crippen LogP contribution < -0.4 is 24.8 Å². The van der Waals surface area contributed by atoms with E-state index in [4.69, 9.17) is 18.8 Å². The number of para-hydroxylation sites is 1. The number of benzene rings is 2. The Kier molecular flexibility index (Phi) is 5.37. The Labute approximate surface area is 190 Å². The second-order valence-electron chi connectivity index (χ2n) is 7.94. The number of aromatic nitrogens is 2. The van der Waals surface area contributed by atoms with Gasteiger partial charge in [-0.2, -0.15) is 0 Å². The summed E-state index contributed by atoms with van der Waals surface area (Å²) in [6.45, 7) is 0. The van der Waals surface area contributed by atoms with E-state index >= 15 is 0 Å². The van der Waals surface area contributed by atoms with Crippen molar-refractivity contribution in [3.63, 3.8) is 0 Å². The standard InChI is InChI=1S/C24H24N4O5/c1-30-15-9-7-13(8-10-15)14-11-17-20(18(29)12-14)21(26-24-23(25-17)27-33-28-24)16-5-4-6-19(31-2)22(16)32-3/h4-10,14,21H,11-12H2,1-3H3,(H,25,27)(H,26,28). The van der Waals surface area contributed by atoms with E-state index in [-0.39, 0.29) is 11.7 Å². The van der Waals surface area contributed by atoms with Crippen molar-refractivity contribution in [2.45, 2.75) is 24.8 Å². The summed E-state index contributed by atoms with van der Waals surface area (Å²) < 4.78 is 21.4. The molecular weight excluding hydrogens is 424 g/mol. The largest absolute Gasteiger partial charge is 0.497 e. The summed E-state index contributed by atoms with van der Waals surface area (Å²) in [6.07, 6.45) is 1.01. The van der Waals surface area contributed by atoms with E-state index in [1.54, 1.807) is 21.3 Å². The summed E-state index contributed by atoms with van der Waals surface area (Å²) >= 11 is 0. The number of methoxy groups -OCH3 is 3. The fraction of sp³-hybridized carbons (Fsp3) is 0.292. The van der Waals surface area contributed by atoms with Crippen molar-refractivity contribution >= 4 is 17.4 Å². The van der Waals surface area contributed by atoms with Gasteiger partial charge in [0.2, 0.25) is 11.6 Å². The van der Waals surface area contributed by atoms with Crippen LogP contribution in [0.25, 0.3) is 0 Å². The number of rotatable bonds is 5. The van der Waals surface area contributed by atoms with E-state index in [0.29, 0.717) is 41.5 Å². The molecular formula is C24H24N4O5. The molecule has 0 radical (unpaired) electrons. The zero-order valence-electron chi connectivity index (χ0n) is 18.5. The van der Waals surface area contributed by atoms with E-state index in [2.05, 4.69) is 20.9 Å². The minimum absolute atomic E-state index is 0.0175. The molecule has 9 nitrogen and oxygen atoms in total. The van der Waals surface area contributed by atoms with Gasteiger partial charge in [-0.3, -0.25) is 4.79 Å². The number of hydrogen-bond acceptors (Lipinski definition) is 9. The lowest BCUT2D eigenvalue weighted by molar-refractivity contribution is -0.116. The smallest absolute Gasteiger partial charge is 0.219 e. The molecule has 0 saturated carbocycles. The predicted molar refractivity (Wildman–Crippen MR) is 121 cm³/mol. The molecule has 170 valence electrons. The summed E-state index contributed by atoms with van der Waals surface area (Å²) in [4.78, 5) is 13.6. The summed E-state index contributed by atoms with van der Waals surface area (Å²) in [7, 11) is 4.80. The first-order valence-electron chi connectivity index (χ1n) is 10.6. The Morgan fingerprint density at radius 3 is 2.45 bits per heavy atom. The lowest BCUT2D eigenvalue weighted by Crippen LogP contribution is -2.27. The molecule has 1 aromatic heterocycles. The maximum Gasteiger partial charge on any atom is 0.219 e. The number of ether oxygens (including phenoxy) is 3. The van der Waals surface area contributed by atoms with Crippen LogP contribution in [0.5, 0.6) is 17.2 Å². The zero-order chi connectivity index (χ0) is 22.9. The van der Waals surface area contributed by atoms with Crippen LogP contribution in [0.3, 0.4) is 0 Å². The summed E-state index contributed by atoms with van der Waals surface area (Å²) in [6, 6.07) is 12.9. The highest BCUT2D eigenvalue weighted by atomic mass is 16.6. The molecule has 2 heterocycles. The van der Waals surface area contributed by atoms with Crippen molar-refractivity contribution in [1.82, 2.24) is 10.3 Å². The molecule has 2 aliphatic rings. The van der Waals surface area contributed by atoms with E-state index in [1.165, 1.54) is 0 Å². The van der Waals surface area contributed by atoms with Gasteiger partial charge < -0.3 is 24.8 Å². The molecule has 2 atom stereocenters. The fourth-order valence-electron chi connectivity index (χ4n) is 4.59. The average molecular weight is 448 g/mol. The molecule has 0 saturated heterocycles. The van der Waals surface area contributed by atoms with Gasteiger partial charge >= 0.3 is 0 Å². The lowest BCUT2D eigenvalue weighted by Gasteiger charge is -2.30. The van der Waals surface area contributed by atoms with Crippen LogP contribution in [0.4, 0.5) is 11.6 Å². The molecule has 2 N–H and O–H groups in total. The third kappa shape index (κ3) is 3.65. The number of nitrogens with zero attached hydrogens (tertiary/aromatic N) is 2. The van der Waals surface area contributed by atoms with Gasteiger partial charge in [-0.1, -0.05) is 24.3 Å². The highest BCUT2D eigenvalue weighted by Gasteiger charge is 2.38. The monoisotopic (exact) mass is 448 g/mol. The lowest BCUT2D eigenvalue weighted by atomic mass is 9.78. The number of hydrogen-bond donors (Lipinski definition) is 2. The number of anilines is 2. The topological polar surface area (TPSA) is 108 Å². The van der Waals surface area contributed by atoms with Crippen molar-refractivity contribution in [3.8, 4) is 17.2 Å². The maximum absolute atomic E-state index is 13.6. The van der Waals surface area contributed by atoms with Gasteiger partial charge in [-0.15, -0.1) is 0 Å². The first-order chi connectivity index (χ1) is 16.1. The van der Waals surface area contributed by atoms with Crippen LogP contribution in [0, 0.1) is 0 Å². The highest BCUT2D eigenvalue weighted by molar-refractivity contribution is 6.01. The summed E-state index contributed by atoms with van der Waals surface area (Å²) in [5.74, 6) is 2.82. The first-order valence-corrected chi connectivity index (χ1v) is 10.6. The van der Waals surface area contributed by atoms with Gasteiger partial charge in [0.1, 0.15) is 5.75 Å². The average Bonchev–Trinajstić information content (AvgIpc) is 3.22. The van der Waals surface area contributed by atoms with Crippen LogP contribution in [0.15, 0.2) is 58.4 Å². The summed E-state index contributed by atoms with van der Waals surface area (Å²) in [5.41, 5.74) is 3.25. The van der Waals surface area contributed by atoms with Gasteiger partial charge in [0, 0.05) is 23.3 Å². The Bertz CT molecular complexity index is 1220. The van der Waals surface area contributed by atoms with Gasteiger partial charge in [0.05, 0.1) is 27.4 Å². The molecule has 1 aliphatic heterocycles. The molecule has 0 bridgehead atoms. The molecule has 0 spiro atoms. The van der Waals surface area contributed by atoms with Crippen molar-refractivity contribution in [2.75, 3.05) is 32.0 Å². The van der Waals surface area contributed by atoms with Gasteiger partial charge in [0.15, 0.2) is 17.3 Å². The number of ketones is 1. The molecule has 2 aromatic carbocycles. The Morgan fingerprint density at radius 2 is 1.73 bits per heavy atom. The number of Topliss-reactive ketones (excluding diaryl/α,β-unsaturated/α-hetero) is 1. The summed E-state index contributed by atoms with van der Waals surface area (Å²) in [5, 5.41) is 14.6. The van der Waals surface area contributed by atoms with Crippen molar-refractivity contribution in [3.05, 3.63) is 64.9 Å². The highest BCUT2D eigenvalue weighted by Crippen LogP contribution is 2.46. The number of allylic oxidation sites excluding steroid dienone is 1. The zero-order valence-corrected chi connectivity index (χ0v) is 18.5. The van der Waals surface area contributed by atoms with Crippen LogP contribution >= 0.6 is 0 Å². The quantitative estimate of drug-likeness (QED) is 0.597. The molecule has 9 heteroatoms. The molecule has 0 amide bonds. The van der Waals surface area contributed by atoms with Crippen molar-refractivity contribution < 1.29 is 23.6 Å². The van der Waals surface area contributed by atoms with Crippen LogP contribution in [0.1, 0.15) is 35.9 Å². The van der Waals surface area contributed by atoms with Gasteiger partial charge in [0.25, 0.3) is 0 Å². The fourth-order valence-corrected chi connectivity index (χ4v) is 4.59. The van der Waals surface area contributed by atoms with E-state index < -0.39 is 6.04 Å². The molecule has 33 heavy (non-hydrogen) atoms. The minimum Gasteiger partial charge on any atom is -0.497 e. The first kappa shape index (κ1) is 20.9. The maximum atomic E-state index is 13.6. The van der Waals surface area contributed by atoms with Crippen LogP contribution in [-0.4, -0.2) is 37.4 Å². The number of carbonyl (C=O) groups excluding carboxylic acids is 1. The molecule has 0 fully saturated rings.